The van der Waals surface area contributed by atoms with Crippen LogP contribution in [0, 0.1) is 11.3 Å². The third-order valence-corrected chi connectivity index (χ3v) is 4.56. The van der Waals surface area contributed by atoms with Crippen molar-refractivity contribution in [3.05, 3.63) is 0 Å². The van der Waals surface area contributed by atoms with Gasteiger partial charge in [-0.15, -0.1) is 0 Å². The van der Waals surface area contributed by atoms with Gasteiger partial charge in [-0.25, -0.2) is 0 Å². The topological polar surface area (TPSA) is 41.1 Å². The Labute approximate surface area is 97.4 Å². The molecule has 3 rings (SSSR count). The van der Waals surface area contributed by atoms with Gasteiger partial charge in [0.2, 0.25) is 5.91 Å². The minimum atomic E-state index is 0.228. The lowest BCUT2D eigenvalue weighted by Gasteiger charge is -2.20. The van der Waals surface area contributed by atoms with Crippen molar-refractivity contribution in [2.75, 3.05) is 13.1 Å². The van der Waals surface area contributed by atoms with Crippen LogP contribution >= 0.6 is 0 Å². The quantitative estimate of drug-likeness (QED) is 0.755. The highest BCUT2D eigenvalue weighted by Crippen LogP contribution is 2.60. The van der Waals surface area contributed by atoms with Gasteiger partial charge in [-0.3, -0.25) is 4.79 Å². The molecule has 2 N–H and O–H groups in total. The van der Waals surface area contributed by atoms with Crippen LogP contribution in [0.4, 0.5) is 0 Å². The van der Waals surface area contributed by atoms with Crippen LogP contribution in [0.15, 0.2) is 0 Å². The molecule has 2 aliphatic carbocycles. The zero-order valence-corrected chi connectivity index (χ0v) is 9.93. The molecule has 0 aromatic carbocycles. The van der Waals surface area contributed by atoms with E-state index in [4.69, 9.17) is 0 Å². The number of hydrogen-bond acceptors (Lipinski definition) is 2. The highest BCUT2D eigenvalue weighted by Gasteiger charge is 2.53. The van der Waals surface area contributed by atoms with Crippen molar-refractivity contribution in [3.8, 4) is 0 Å². The molecule has 1 saturated heterocycles. The number of carbonyl (C=O) groups is 1. The second kappa shape index (κ2) is 4.02. The van der Waals surface area contributed by atoms with Crippen molar-refractivity contribution in [3.63, 3.8) is 0 Å². The third kappa shape index (κ3) is 2.24. The molecule has 1 aliphatic heterocycles. The van der Waals surface area contributed by atoms with Gasteiger partial charge in [-0.05, 0) is 49.9 Å². The Balaban J connectivity index is 1.48. The van der Waals surface area contributed by atoms with Crippen LogP contribution in [0.25, 0.3) is 0 Å². The summed E-state index contributed by atoms with van der Waals surface area (Å²) in [6.45, 7) is 2.03. The fraction of sp³-hybridized carbons (Fsp3) is 0.923. The van der Waals surface area contributed by atoms with Crippen LogP contribution in [0.3, 0.4) is 0 Å². The van der Waals surface area contributed by atoms with E-state index in [0.717, 1.165) is 31.8 Å². The molecule has 0 spiro atoms. The van der Waals surface area contributed by atoms with E-state index in [1.165, 1.54) is 25.7 Å². The van der Waals surface area contributed by atoms with E-state index >= 15 is 0 Å². The lowest BCUT2D eigenvalue weighted by Crippen LogP contribution is -2.36. The van der Waals surface area contributed by atoms with Crippen LogP contribution in [0.2, 0.25) is 0 Å². The summed E-state index contributed by atoms with van der Waals surface area (Å²) in [7, 11) is 0. The summed E-state index contributed by atoms with van der Waals surface area (Å²) < 4.78 is 0. The monoisotopic (exact) mass is 222 g/mol. The SMILES string of the molecule is O=C1CC(NCC2(C3CC3)CC2)CCCN1. The molecule has 90 valence electrons. The van der Waals surface area contributed by atoms with E-state index in [2.05, 4.69) is 10.6 Å². The van der Waals surface area contributed by atoms with E-state index in [0.29, 0.717) is 17.9 Å². The van der Waals surface area contributed by atoms with Crippen molar-refractivity contribution in [2.45, 2.75) is 51.0 Å². The Morgan fingerprint density at radius 2 is 2.12 bits per heavy atom. The molecule has 1 amide bonds. The van der Waals surface area contributed by atoms with Crippen LogP contribution in [-0.2, 0) is 4.79 Å². The van der Waals surface area contributed by atoms with E-state index in [1.54, 1.807) is 0 Å². The standard InChI is InChI=1S/C13H22N2O/c16-12-8-11(2-1-7-14-12)15-9-13(5-6-13)10-3-4-10/h10-11,15H,1-9H2,(H,14,16). The predicted molar refractivity (Wildman–Crippen MR) is 63.0 cm³/mol. The van der Waals surface area contributed by atoms with E-state index < -0.39 is 0 Å². The van der Waals surface area contributed by atoms with Gasteiger partial charge < -0.3 is 10.6 Å². The highest BCUT2D eigenvalue weighted by atomic mass is 16.1. The summed E-state index contributed by atoms with van der Waals surface area (Å²) in [5, 5.41) is 6.60. The Hall–Kier alpha value is -0.570. The van der Waals surface area contributed by atoms with E-state index in [1.807, 2.05) is 0 Å². The van der Waals surface area contributed by atoms with Gasteiger partial charge in [-0.2, -0.15) is 0 Å². The van der Waals surface area contributed by atoms with Crippen molar-refractivity contribution >= 4 is 5.91 Å². The van der Waals surface area contributed by atoms with Gasteiger partial charge in [0, 0.05) is 25.6 Å². The van der Waals surface area contributed by atoms with Crippen LogP contribution in [-0.4, -0.2) is 25.0 Å². The molecule has 3 fully saturated rings. The summed E-state index contributed by atoms with van der Waals surface area (Å²) in [6, 6.07) is 0.429. The predicted octanol–water partition coefficient (Wildman–Crippen LogP) is 1.43. The summed E-state index contributed by atoms with van der Waals surface area (Å²) in [5.74, 6) is 1.24. The van der Waals surface area contributed by atoms with Gasteiger partial charge in [0.1, 0.15) is 0 Å². The molecule has 1 atom stereocenters. The molecule has 3 heteroatoms. The van der Waals surface area contributed by atoms with Gasteiger partial charge in [0.15, 0.2) is 0 Å². The summed E-state index contributed by atoms with van der Waals surface area (Å²) in [6.07, 6.45) is 8.70. The van der Waals surface area contributed by atoms with Gasteiger partial charge in [-0.1, -0.05) is 0 Å². The maximum absolute atomic E-state index is 11.4. The minimum Gasteiger partial charge on any atom is -0.356 e. The lowest BCUT2D eigenvalue weighted by molar-refractivity contribution is -0.121. The van der Waals surface area contributed by atoms with Gasteiger partial charge >= 0.3 is 0 Å². The van der Waals surface area contributed by atoms with Crippen molar-refractivity contribution in [1.82, 2.24) is 10.6 Å². The first-order chi connectivity index (χ1) is 7.78. The van der Waals surface area contributed by atoms with Crippen LogP contribution in [0.1, 0.15) is 44.9 Å². The first-order valence-electron chi connectivity index (χ1n) is 6.79. The number of hydrogen-bond donors (Lipinski definition) is 2. The molecule has 0 aromatic rings. The summed E-state index contributed by atoms with van der Waals surface area (Å²) in [5.41, 5.74) is 0.656. The third-order valence-electron chi connectivity index (χ3n) is 4.56. The van der Waals surface area contributed by atoms with Crippen molar-refractivity contribution in [2.24, 2.45) is 11.3 Å². The fourth-order valence-corrected chi connectivity index (χ4v) is 3.08. The second-order valence-corrected chi connectivity index (χ2v) is 5.91. The number of rotatable bonds is 4. The number of amides is 1. The molecule has 0 bridgehead atoms. The second-order valence-electron chi connectivity index (χ2n) is 5.91. The molecule has 3 nitrogen and oxygen atoms in total. The van der Waals surface area contributed by atoms with Gasteiger partial charge in [0.05, 0.1) is 0 Å². The molecular weight excluding hydrogens is 200 g/mol. The normalized spacial score (nSPS) is 33.0. The first-order valence-corrected chi connectivity index (χ1v) is 6.79. The Morgan fingerprint density at radius 1 is 1.31 bits per heavy atom. The molecule has 0 aromatic heterocycles. The molecular formula is C13H22N2O. The number of nitrogens with one attached hydrogen (secondary N) is 2. The number of carbonyl (C=O) groups excluding carboxylic acids is 1. The molecule has 2 saturated carbocycles. The minimum absolute atomic E-state index is 0.228. The maximum Gasteiger partial charge on any atom is 0.221 e. The van der Waals surface area contributed by atoms with E-state index in [9.17, 15) is 4.79 Å². The van der Waals surface area contributed by atoms with Crippen LogP contribution < -0.4 is 10.6 Å². The zero-order chi connectivity index (χ0) is 11.0. The molecule has 3 aliphatic rings. The zero-order valence-electron chi connectivity index (χ0n) is 9.93. The first kappa shape index (κ1) is 10.6. The van der Waals surface area contributed by atoms with Crippen molar-refractivity contribution in [1.29, 1.82) is 0 Å². The average molecular weight is 222 g/mol. The molecule has 1 heterocycles. The Kier molecular flexibility index (Phi) is 2.66. The molecule has 16 heavy (non-hydrogen) atoms. The summed E-state index contributed by atoms with van der Waals surface area (Å²) in [4.78, 5) is 11.4. The Morgan fingerprint density at radius 3 is 2.81 bits per heavy atom. The van der Waals surface area contributed by atoms with Crippen molar-refractivity contribution < 1.29 is 4.79 Å². The summed E-state index contributed by atoms with van der Waals surface area (Å²) >= 11 is 0. The molecule has 0 radical (unpaired) electrons. The largest absolute Gasteiger partial charge is 0.356 e. The smallest absolute Gasteiger partial charge is 0.221 e. The maximum atomic E-state index is 11.4. The molecule has 1 unspecified atom stereocenters. The fourth-order valence-electron chi connectivity index (χ4n) is 3.08. The van der Waals surface area contributed by atoms with Gasteiger partial charge in [0.25, 0.3) is 0 Å². The highest BCUT2D eigenvalue weighted by molar-refractivity contribution is 5.76. The van der Waals surface area contributed by atoms with Crippen LogP contribution in [0.5, 0.6) is 0 Å². The van der Waals surface area contributed by atoms with E-state index in [-0.39, 0.29) is 5.91 Å². The Bertz CT molecular complexity index is 282. The lowest BCUT2D eigenvalue weighted by atomic mass is 9.99. The average Bonchev–Trinajstić information content (AvgIpc) is 3.12.